The maximum Gasteiger partial charge on any atom is 0.261 e. The summed E-state index contributed by atoms with van der Waals surface area (Å²) in [6, 6.07) is 1.74. The summed E-state index contributed by atoms with van der Waals surface area (Å²) < 4.78 is 5.27. The Morgan fingerprint density at radius 2 is 2.17 bits per heavy atom. The predicted molar refractivity (Wildman–Crippen MR) is 88.1 cm³/mol. The molecule has 24 heavy (non-hydrogen) atoms. The lowest BCUT2D eigenvalue weighted by molar-refractivity contribution is 0.0732. The Balaban J connectivity index is 1.71. The fraction of sp³-hybridized carbons (Fsp3) is 0.500. The molecule has 6 heteroatoms. The van der Waals surface area contributed by atoms with Crippen molar-refractivity contribution in [2.75, 3.05) is 6.54 Å². The van der Waals surface area contributed by atoms with Crippen molar-refractivity contribution < 1.29 is 9.32 Å². The first-order chi connectivity index (χ1) is 11.6. The molecule has 2 aromatic heterocycles. The Labute approximate surface area is 139 Å². The van der Waals surface area contributed by atoms with Crippen molar-refractivity contribution in [3.05, 3.63) is 50.3 Å². The number of hydrogen-bond donors (Lipinski definition) is 1. The van der Waals surface area contributed by atoms with Gasteiger partial charge < -0.3 is 14.4 Å². The molecule has 0 unspecified atom stereocenters. The third-order valence-electron chi connectivity index (χ3n) is 5.25. The summed E-state index contributed by atoms with van der Waals surface area (Å²) in [5, 5.41) is 4.01. The minimum absolute atomic E-state index is 0.0589. The van der Waals surface area contributed by atoms with E-state index in [2.05, 4.69) is 10.1 Å². The van der Waals surface area contributed by atoms with E-state index >= 15 is 0 Å². The Kier molecular flexibility index (Phi) is 3.55. The first kappa shape index (κ1) is 15.2. The number of aromatic amines is 1. The summed E-state index contributed by atoms with van der Waals surface area (Å²) in [6.07, 6.45) is 4.65. The fourth-order valence-corrected chi connectivity index (χ4v) is 4.10. The lowest BCUT2D eigenvalue weighted by atomic mass is 10.0. The highest BCUT2D eigenvalue weighted by Gasteiger charge is 2.35. The van der Waals surface area contributed by atoms with Crippen LogP contribution in [0.3, 0.4) is 0 Å². The van der Waals surface area contributed by atoms with Crippen LogP contribution in [-0.2, 0) is 12.8 Å². The smallest absolute Gasteiger partial charge is 0.261 e. The van der Waals surface area contributed by atoms with Crippen molar-refractivity contribution in [3.63, 3.8) is 0 Å². The maximum absolute atomic E-state index is 13.1. The molecule has 0 bridgehead atoms. The Morgan fingerprint density at radius 1 is 1.33 bits per heavy atom. The normalized spacial score (nSPS) is 19.8. The summed E-state index contributed by atoms with van der Waals surface area (Å²) in [7, 11) is 0. The minimum atomic E-state index is -0.273. The van der Waals surface area contributed by atoms with Crippen molar-refractivity contribution in [1.29, 1.82) is 0 Å². The second-order valence-corrected chi connectivity index (χ2v) is 6.76. The van der Waals surface area contributed by atoms with Crippen LogP contribution < -0.4 is 5.56 Å². The van der Waals surface area contributed by atoms with Gasteiger partial charge in [-0.2, -0.15) is 0 Å². The van der Waals surface area contributed by atoms with E-state index in [9.17, 15) is 9.59 Å². The van der Waals surface area contributed by atoms with Crippen LogP contribution in [0.15, 0.2) is 15.4 Å². The summed E-state index contributed by atoms with van der Waals surface area (Å²) in [5.74, 6) is 0.563. The zero-order chi connectivity index (χ0) is 16.8. The zero-order valence-corrected chi connectivity index (χ0v) is 14.0. The molecule has 0 saturated carbocycles. The quantitative estimate of drug-likeness (QED) is 0.919. The van der Waals surface area contributed by atoms with Gasteiger partial charge in [0.1, 0.15) is 11.3 Å². The summed E-state index contributed by atoms with van der Waals surface area (Å²) in [5.41, 5.74) is 3.88. The number of aryl methyl sites for hydroxylation is 4. The largest absolute Gasteiger partial charge is 0.361 e. The molecule has 1 amide bonds. The Hall–Kier alpha value is -2.37. The van der Waals surface area contributed by atoms with Gasteiger partial charge in [0.05, 0.1) is 11.7 Å². The Morgan fingerprint density at radius 3 is 2.92 bits per heavy atom. The SMILES string of the molecule is Cc1noc(C)c1[C@H]1CCCN1C(=O)c1cc2c([nH]c1=O)CCC2. The molecule has 1 aliphatic carbocycles. The van der Waals surface area contributed by atoms with Gasteiger partial charge in [0.2, 0.25) is 0 Å². The molecule has 0 aromatic carbocycles. The van der Waals surface area contributed by atoms with Gasteiger partial charge in [0, 0.05) is 17.8 Å². The number of pyridine rings is 1. The number of H-pyrrole nitrogens is 1. The van der Waals surface area contributed by atoms with E-state index < -0.39 is 0 Å². The molecule has 1 fully saturated rings. The molecule has 1 saturated heterocycles. The number of carbonyl (C=O) groups is 1. The van der Waals surface area contributed by atoms with Crippen LogP contribution in [0, 0.1) is 13.8 Å². The molecule has 0 spiro atoms. The number of nitrogens with one attached hydrogen (secondary N) is 1. The van der Waals surface area contributed by atoms with Crippen molar-refractivity contribution in [2.45, 2.75) is 52.0 Å². The summed E-state index contributed by atoms with van der Waals surface area (Å²) >= 11 is 0. The number of fused-ring (bicyclic) bond motifs is 1. The zero-order valence-electron chi connectivity index (χ0n) is 14.0. The lowest BCUT2D eigenvalue weighted by Gasteiger charge is -2.24. The second kappa shape index (κ2) is 5.61. The average molecular weight is 327 g/mol. The number of rotatable bonds is 2. The van der Waals surface area contributed by atoms with E-state index in [1.165, 1.54) is 0 Å². The molecule has 6 nitrogen and oxygen atoms in total. The van der Waals surface area contributed by atoms with Crippen molar-refractivity contribution in [2.24, 2.45) is 0 Å². The highest BCUT2D eigenvalue weighted by atomic mass is 16.5. The highest BCUT2D eigenvalue weighted by molar-refractivity contribution is 5.94. The molecule has 1 aliphatic heterocycles. The van der Waals surface area contributed by atoms with Crippen LogP contribution in [0.4, 0.5) is 0 Å². The average Bonchev–Trinajstić information content (AvgIpc) is 3.26. The highest BCUT2D eigenvalue weighted by Crippen LogP contribution is 2.36. The van der Waals surface area contributed by atoms with E-state index in [0.717, 1.165) is 60.4 Å². The van der Waals surface area contributed by atoms with Crippen molar-refractivity contribution in [3.8, 4) is 0 Å². The van der Waals surface area contributed by atoms with E-state index in [0.29, 0.717) is 6.54 Å². The molecule has 1 atom stereocenters. The van der Waals surface area contributed by atoms with Crippen molar-refractivity contribution in [1.82, 2.24) is 15.0 Å². The second-order valence-electron chi connectivity index (χ2n) is 6.76. The van der Waals surface area contributed by atoms with Gasteiger partial charge >= 0.3 is 0 Å². The minimum Gasteiger partial charge on any atom is -0.361 e. The van der Waals surface area contributed by atoms with Crippen LogP contribution >= 0.6 is 0 Å². The van der Waals surface area contributed by atoms with Gasteiger partial charge in [-0.3, -0.25) is 9.59 Å². The van der Waals surface area contributed by atoms with Crippen LogP contribution in [0.2, 0.25) is 0 Å². The van der Waals surface area contributed by atoms with E-state index in [-0.39, 0.29) is 23.1 Å². The van der Waals surface area contributed by atoms with Crippen LogP contribution in [0.25, 0.3) is 0 Å². The Bertz CT molecular complexity index is 845. The topological polar surface area (TPSA) is 79.2 Å². The fourth-order valence-electron chi connectivity index (χ4n) is 4.10. The number of hydrogen-bond acceptors (Lipinski definition) is 4. The molecule has 2 aliphatic rings. The van der Waals surface area contributed by atoms with Crippen molar-refractivity contribution >= 4 is 5.91 Å². The molecule has 126 valence electrons. The number of likely N-dealkylation sites (tertiary alicyclic amines) is 1. The van der Waals surface area contributed by atoms with E-state index in [1.807, 2.05) is 13.8 Å². The van der Waals surface area contributed by atoms with Gasteiger partial charge in [0.15, 0.2) is 0 Å². The molecule has 3 heterocycles. The van der Waals surface area contributed by atoms with Gasteiger partial charge in [-0.1, -0.05) is 5.16 Å². The summed E-state index contributed by atoms with van der Waals surface area (Å²) in [6.45, 7) is 4.43. The van der Waals surface area contributed by atoms with Crippen LogP contribution in [0.1, 0.15) is 63.9 Å². The number of amides is 1. The van der Waals surface area contributed by atoms with Gasteiger partial charge in [0.25, 0.3) is 11.5 Å². The molecular formula is C18H21N3O3. The van der Waals surface area contributed by atoms with E-state index in [1.54, 1.807) is 11.0 Å². The standard InChI is InChI=1S/C18H21N3O3/c1-10-16(11(2)24-20-10)15-7-4-8-21(15)18(23)13-9-12-5-3-6-14(12)19-17(13)22/h9,15H,3-8H2,1-2H3,(H,19,22)/t15-/m1/s1. The van der Waals surface area contributed by atoms with Gasteiger partial charge in [-0.15, -0.1) is 0 Å². The number of nitrogens with zero attached hydrogens (tertiary/aromatic N) is 2. The third-order valence-corrected chi connectivity index (χ3v) is 5.25. The predicted octanol–water partition coefficient (Wildman–Crippen LogP) is 2.45. The van der Waals surface area contributed by atoms with E-state index in [4.69, 9.17) is 4.52 Å². The molecular weight excluding hydrogens is 306 g/mol. The lowest BCUT2D eigenvalue weighted by Crippen LogP contribution is -2.35. The number of carbonyl (C=O) groups excluding carboxylic acids is 1. The van der Waals surface area contributed by atoms with Crippen LogP contribution in [0.5, 0.6) is 0 Å². The number of aromatic nitrogens is 2. The maximum atomic E-state index is 13.1. The first-order valence-electron chi connectivity index (χ1n) is 8.55. The molecule has 0 radical (unpaired) electrons. The monoisotopic (exact) mass is 327 g/mol. The van der Waals surface area contributed by atoms with Gasteiger partial charge in [-0.25, -0.2) is 0 Å². The summed E-state index contributed by atoms with van der Waals surface area (Å²) in [4.78, 5) is 30.1. The molecule has 1 N–H and O–H groups in total. The molecule has 4 rings (SSSR count). The van der Waals surface area contributed by atoms with Gasteiger partial charge in [-0.05, 0) is 57.6 Å². The third kappa shape index (κ3) is 2.28. The first-order valence-corrected chi connectivity index (χ1v) is 8.55. The van der Waals surface area contributed by atoms with Crippen LogP contribution in [-0.4, -0.2) is 27.5 Å². The molecule has 2 aromatic rings.